The predicted molar refractivity (Wildman–Crippen MR) is 80.7 cm³/mol. The zero-order valence-electron chi connectivity index (χ0n) is 13.1. The lowest BCUT2D eigenvalue weighted by molar-refractivity contribution is -0.385. The topological polar surface area (TPSA) is 110 Å². The van der Waals surface area contributed by atoms with Crippen molar-refractivity contribution >= 4 is 17.6 Å². The van der Waals surface area contributed by atoms with E-state index in [9.17, 15) is 24.1 Å². The van der Waals surface area contributed by atoms with Gasteiger partial charge in [-0.25, -0.2) is 4.39 Å². The molecule has 0 aromatic heterocycles. The van der Waals surface area contributed by atoms with Crippen LogP contribution in [0.5, 0.6) is 0 Å². The van der Waals surface area contributed by atoms with E-state index >= 15 is 0 Å². The number of benzene rings is 1. The Balaban J connectivity index is 2.98. The van der Waals surface area contributed by atoms with Gasteiger partial charge in [0.1, 0.15) is 11.4 Å². The predicted octanol–water partition coefficient (Wildman–Crippen LogP) is 2.52. The number of nitro benzene ring substituents is 1. The maximum Gasteiger partial charge on any atom is 0.308 e. The Hall–Kier alpha value is -2.51. The second-order valence-electron chi connectivity index (χ2n) is 5.75. The van der Waals surface area contributed by atoms with E-state index in [1.165, 1.54) is 6.92 Å². The number of halogens is 1. The summed E-state index contributed by atoms with van der Waals surface area (Å²) in [6, 6.07) is 1.74. The number of rotatable bonds is 7. The van der Waals surface area contributed by atoms with Crippen LogP contribution >= 0.6 is 0 Å². The van der Waals surface area contributed by atoms with Crippen LogP contribution in [0.25, 0.3) is 0 Å². The average Bonchev–Trinajstić information content (AvgIpc) is 2.40. The molecule has 1 rings (SSSR count). The molecule has 0 aliphatic carbocycles. The molecule has 0 aliphatic rings. The van der Waals surface area contributed by atoms with Gasteiger partial charge in [-0.1, -0.05) is 13.8 Å². The quantitative estimate of drug-likeness (QED) is 0.591. The van der Waals surface area contributed by atoms with E-state index < -0.39 is 39.8 Å². The van der Waals surface area contributed by atoms with Gasteiger partial charge in [-0.15, -0.1) is 0 Å². The van der Waals surface area contributed by atoms with Crippen molar-refractivity contribution < 1.29 is 24.0 Å². The second kappa shape index (κ2) is 7.66. The zero-order valence-corrected chi connectivity index (χ0v) is 13.1. The summed E-state index contributed by atoms with van der Waals surface area (Å²) in [5, 5.41) is 22.5. The standard InChI is InChI=1S/C15H19FN2O5/c1-8(2)4-10(15(20)21)7-17-14(19)12-6-11(16)5-9(3)13(12)18(22)23/h5-6,8,10H,4,7H2,1-3H3,(H,17,19)(H,20,21). The molecule has 0 saturated heterocycles. The SMILES string of the molecule is Cc1cc(F)cc(C(=O)NCC(CC(C)C)C(=O)O)c1[N+](=O)[O-]. The van der Waals surface area contributed by atoms with E-state index in [2.05, 4.69) is 5.32 Å². The Kier molecular flexibility index (Phi) is 6.18. The Bertz CT molecular complexity index is 631. The fraction of sp³-hybridized carbons (Fsp3) is 0.467. The Labute approximate surface area is 132 Å². The smallest absolute Gasteiger partial charge is 0.308 e. The van der Waals surface area contributed by atoms with Crippen molar-refractivity contribution in [2.75, 3.05) is 6.54 Å². The van der Waals surface area contributed by atoms with Crippen molar-refractivity contribution in [3.05, 3.63) is 39.2 Å². The van der Waals surface area contributed by atoms with Crippen LogP contribution in [0.2, 0.25) is 0 Å². The van der Waals surface area contributed by atoms with Gasteiger partial charge in [0.05, 0.1) is 10.8 Å². The molecule has 8 heteroatoms. The molecule has 0 heterocycles. The molecule has 0 spiro atoms. The first kappa shape index (κ1) is 18.5. The van der Waals surface area contributed by atoms with Gasteiger partial charge >= 0.3 is 5.97 Å². The molecule has 1 aromatic carbocycles. The van der Waals surface area contributed by atoms with E-state index in [1.54, 1.807) is 0 Å². The van der Waals surface area contributed by atoms with Crippen LogP contribution in [0.15, 0.2) is 12.1 Å². The number of hydrogen-bond acceptors (Lipinski definition) is 4. The third kappa shape index (κ3) is 5.01. The van der Waals surface area contributed by atoms with Crippen molar-refractivity contribution in [2.45, 2.75) is 27.2 Å². The van der Waals surface area contributed by atoms with E-state index in [0.29, 0.717) is 6.42 Å². The highest BCUT2D eigenvalue weighted by molar-refractivity contribution is 5.98. The monoisotopic (exact) mass is 326 g/mol. The number of hydrogen-bond donors (Lipinski definition) is 2. The summed E-state index contributed by atoms with van der Waals surface area (Å²) >= 11 is 0. The van der Waals surface area contributed by atoms with Crippen molar-refractivity contribution in [1.82, 2.24) is 5.32 Å². The first-order valence-electron chi connectivity index (χ1n) is 7.09. The zero-order chi connectivity index (χ0) is 17.7. The van der Waals surface area contributed by atoms with Crippen molar-refractivity contribution in [2.24, 2.45) is 11.8 Å². The highest BCUT2D eigenvalue weighted by Crippen LogP contribution is 2.24. The van der Waals surface area contributed by atoms with Crippen molar-refractivity contribution in [1.29, 1.82) is 0 Å². The number of nitrogens with one attached hydrogen (secondary N) is 1. The molecule has 0 bridgehead atoms. The lowest BCUT2D eigenvalue weighted by atomic mass is 9.97. The molecule has 0 fully saturated rings. The Morgan fingerprint density at radius 3 is 2.48 bits per heavy atom. The lowest BCUT2D eigenvalue weighted by Gasteiger charge is -2.15. The number of aliphatic carboxylic acids is 1. The molecule has 1 aromatic rings. The summed E-state index contributed by atoms with van der Waals surface area (Å²) in [6.07, 6.45) is 0.347. The molecular formula is C15H19FN2O5. The van der Waals surface area contributed by atoms with Crippen LogP contribution < -0.4 is 5.32 Å². The third-order valence-corrected chi connectivity index (χ3v) is 3.31. The first-order valence-corrected chi connectivity index (χ1v) is 7.09. The number of aryl methyl sites for hydroxylation is 1. The normalized spacial score (nSPS) is 12.0. The van der Waals surface area contributed by atoms with Crippen molar-refractivity contribution in [3.63, 3.8) is 0 Å². The maximum atomic E-state index is 13.4. The van der Waals surface area contributed by atoms with Crippen LogP contribution in [-0.4, -0.2) is 28.5 Å². The first-order chi connectivity index (χ1) is 10.6. The Morgan fingerprint density at radius 2 is 2.00 bits per heavy atom. The summed E-state index contributed by atoms with van der Waals surface area (Å²) in [7, 11) is 0. The number of carboxylic acid groups (broad SMARTS) is 1. The third-order valence-electron chi connectivity index (χ3n) is 3.31. The van der Waals surface area contributed by atoms with E-state index in [0.717, 1.165) is 12.1 Å². The van der Waals surface area contributed by atoms with Gasteiger partial charge in [0, 0.05) is 12.1 Å². The molecule has 23 heavy (non-hydrogen) atoms. The minimum atomic E-state index is -1.07. The van der Waals surface area contributed by atoms with E-state index in [4.69, 9.17) is 5.11 Å². The largest absolute Gasteiger partial charge is 0.481 e. The molecule has 0 saturated carbocycles. The van der Waals surface area contributed by atoms with Crippen LogP contribution in [0.1, 0.15) is 36.2 Å². The average molecular weight is 326 g/mol. The van der Waals surface area contributed by atoms with Crippen LogP contribution in [0, 0.1) is 34.7 Å². The van der Waals surface area contributed by atoms with Gasteiger partial charge in [0.25, 0.3) is 11.6 Å². The van der Waals surface area contributed by atoms with Gasteiger partial charge < -0.3 is 10.4 Å². The van der Waals surface area contributed by atoms with Gasteiger partial charge in [-0.05, 0) is 31.4 Å². The van der Waals surface area contributed by atoms with Crippen LogP contribution in [0.3, 0.4) is 0 Å². The molecule has 7 nitrogen and oxygen atoms in total. The maximum absolute atomic E-state index is 13.4. The molecule has 0 aliphatic heterocycles. The molecule has 1 amide bonds. The number of carbonyl (C=O) groups excluding carboxylic acids is 1. The van der Waals surface area contributed by atoms with Gasteiger partial charge in [0.2, 0.25) is 0 Å². The van der Waals surface area contributed by atoms with Gasteiger partial charge in [-0.3, -0.25) is 19.7 Å². The van der Waals surface area contributed by atoms with E-state index in [-0.39, 0.29) is 18.0 Å². The summed E-state index contributed by atoms with van der Waals surface area (Å²) in [5.41, 5.74) is -0.877. The van der Waals surface area contributed by atoms with E-state index in [1.807, 2.05) is 13.8 Å². The molecule has 1 atom stereocenters. The number of nitro groups is 1. The fourth-order valence-corrected chi connectivity index (χ4v) is 2.30. The lowest BCUT2D eigenvalue weighted by Crippen LogP contribution is -2.34. The fourth-order valence-electron chi connectivity index (χ4n) is 2.30. The summed E-state index contributed by atoms with van der Waals surface area (Å²) in [4.78, 5) is 33.6. The molecule has 2 N–H and O–H groups in total. The number of nitrogens with zero attached hydrogens (tertiary/aromatic N) is 1. The minimum Gasteiger partial charge on any atom is -0.481 e. The van der Waals surface area contributed by atoms with Gasteiger partial charge in [0.15, 0.2) is 0 Å². The molecule has 0 radical (unpaired) electrons. The summed E-state index contributed by atoms with van der Waals surface area (Å²) in [5.74, 6) is -3.40. The molecule has 1 unspecified atom stereocenters. The van der Waals surface area contributed by atoms with Gasteiger partial charge in [-0.2, -0.15) is 0 Å². The Morgan fingerprint density at radius 1 is 1.39 bits per heavy atom. The van der Waals surface area contributed by atoms with Crippen molar-refractivity contribution in [3.8, 4) is 0 Å². The summed E-state index contributed by atoms with van der Waals surface area (Å²) in [6.45, 7) is 4.84. The molecular weight excluding hydrogens is 307 g/mol. The number of carboxylic acids is 1. The molecule has 126 valence electrons. The second-order valence-corrected chi connectivity index (χ2v) is 5.75. The minimum absolute atomic E-state index is 0.0251. The van der Waals surface area contributed by atoms with Crippen LogP contribution in [0.4, 0.5) is 10.1 Å². The highest BCUT2D eigenvalue weighted by Gasteiger charge is 2.26. The number of carbonyl (C=O) groups is 2. The van der Waals surface area contributed by atoms with Crippen LogP contribution in [-0.2, 0) is 4.79 Å². The summed E-state index contributed by atoms with van der Waals surface area (Å²) < 4.78 is 13.4. The highest BCUT2D eigenvalue weighted by atomic mass is 19.1. The number of amides is 1.